The van der Waals surface area contributed by atoms with E-state index < -0.39 is 12.0 Å². The lowest BCUT2D eigenvalue weighted by atomic mass is 9.99. The first-order chi connectivity index (χ1) is 7.67. The SMILES string of the molecule is COC(=O)[C@@H](NC(=O)CCC(C)(C)N)C(C)C. The molecule has 0 heterocycles. The van der Waals surface area contributed by atoms with Crippen molar-refractivity contribution in [3.8, 4) is 0 Å². The standard InChI is InChI=1S/C12H24N2O3/c1-8(2)10(11(16)17-5)14-9(15)6-7-12(3,4)13/h8,10H,6-7,13H2,1-5H3,(H,14,15)/t10-/m0/s1. The second-order valence-electron chi connectivity index (χ2n) is 5.30. The monoisotopic (exact) mass is 244 g/mol. The number of methoxy groups -OCH3 is 1. The highest BCUT2D eigenvalue weighted by atomic mass is 16.5. The van der Waals surface area contributed by atoms with Crippen LogP contribution in [0.5, 0.6) is 0 Å². The Balaban J connectivity index is 4.28. The minimum atomic E-state index is -0.589. The van der Waals surface area contributed by atoms with Gasteiger partial charge in [0, 0.05) is 12.0 Å². The van der Waals surface area contributed by atoms with Crippen LogP contribution in [0.25, 0.3) is 0 Å². The quantitative estimate of drug-likeness (QED) is 0.678. The molecule has 0 bridgehead atoms. The van der Waals surface area contributed by atoms with Gasteiger partial charge in [0.1, 0.15) is 6.04 Å². The predicted molar refractivity (Wildman–Crippen MR) is 66.3 cm³/mol. The third-order valence-electron chi connectivity index (χ3n) is 2.43. The van der Waals surface area contributed by atoms with E-state index in [2.05, 4.69) is 10.1 Å². The number of carbonyl (C=O) groups excluding carboxylic acids is 2. The number of hydrogen-bond donors (Lipinski definition) is 2. The molecule has 17 heavy (non-hydrogen) atoms. The van der Waals surface area contributed by atoms with Crippen LogP contribution in [0.2, 0.25) is 0 Å². The van der Waals surface area contributed by atoms with Crippen LogP contribution in [0, 0.1) is 5.92 Å². The van der Waals surface area contributed by atoms with Gasteiger partial charge in [-0.2, -0.15) is 0 Å². The molecule has 0 aliphatic carbocycles. The Morgan fingerprint density at radius 1 is 1.35 bits per heavy atom. The lowest BCUT2D eigenvalue weighted by Gasteiger charge is -2.22. The van der Waals surface area contributed by atoms with E-state index in [1.165, 1.54) is 7.11 Å². The lowest BCUT2D eigenvalue weighted by molar-refractivity contribution is -0.146. The van der Waals surface area contributed by atoms with Crippen molar-refractivity contribution >= 4 is 11.9 Å². The molecule has 5 nitrogen and oxygen atoms in total. The number of ether oxygens (including phenoxy) is 1. The molecule has 0 aliphatic heterocycles. The van der Waals surface area contributed by atoms with Crippen LogP contribution >= 0.6 is 0 Å². The number of nitrogens with one attached hydrogen (secondary N) is 1. The number of amides is 1. The number of carbonyl (C=O) groups is 2. The molecule has 0 aliphatic rings. The second kappa shape index (κ2) is 6.59. The molecular weight excluding hydrogens is 220 g/mol. The molecule has 0 aromatic heterocycles. The minimum absolute atomic E-state index is 0.00251. The zero-order valence-corrected chi connectivity index (χ0v) is 11.4. The van der Waals surface area contributed by atoms with E-state index in [0.29, 0.717) is 12.8 Å². The zero-order chi connectivity index (χ0) is 13.6. The fourth-order valence-corrected chi connectivity index (χ4v) is 1.31. The van der Waals surface area contributed by atoms with Gasteiger partial charge in [0.2, 0.25) is 5.91 Å². The van der Waals surface area contributed by atoms with Crippen molar-refractivity contribution in [3.05, 3.63) is 0 Å². The first-order valence-corrected chi connectivity index (χ1v) is 5.83. The Labute approximate surface area is 103 Å². The van der Waals surface area contributed by atoms with E-state index in [0.717, 1.165) is 0 Å². The van der Waals surface area contributed by atoms with Gasteiger partial charge in [0.25, 0.3) is 0 Å². The van der Waals surface area contributed by atoms with Gasteiger partial charge >= 0.3 is 5.97 Å². The summed E-state index contributed by atoms with van der Waals surface area (Å²) in [5.41, 5.74) is 5.41. The third kappa shape index (κ3) is 6.94. The molecular formula is C12H24N2O3. The average Bonchev–Trinajstić information content (AvgIpc) is 2.20. The normalized spacial score (nSPS) is 13.4. The summed E-state index contributed by atoms with van der Waals surface area (Å²) >= 11 is 0. The molecule has 0 rings (SSSR count). The van der Waals surface area contributed by atoms with E-state index in [4.69, 9.17) is 5.73 Å². The van der Waals surface area contributed by atoms with Crippen LogP contribution < -0.4 is 11.1 Å². The summed E-state index contributed by atoms with van der Waals surface area (Å²) in [5, 5.41) is 2.67. The molecule has 0 radical (unpaired) electrons. The molecule has 0 unspecified atom stereocenters. The number of rotatable bonds is 6. The van der Waals surface area contributed by atoms with Crippen molar-refractivity contribution in [2.45, 2.75) is 52.1 Å². The van der Waals surface area contributed by atoms with Gasteiger partial charge in [-0.25, -0.2) is 4.79 Å². The molecule has 100 valence electrons. The van der Waals surface area contributed by atoms with Crippen molar-refractivity contribution in [2.75, 3.05) is 7.11 Å². The maximum Gasteiger partial charge on any atom is 0.328 e. The van der Waals surface area contributed by atoms with Gasteiger partial charge in [-0.15, -0.1) is 0 Å². The Morgan fingerprint density at radius 3 is 2.24 bits per heavy atom. The first kappa shape index (κ1) is 15.9. The molecule has 0 fully saturated rings. The smallest absolute Gasteiger partial charge is 0.328 e. The van der Waals surface area contributed by atoms with E-state index in [1.54, 1.807) is 0 Å². The maximum atomic E-state index is 11.7. The predicted octanol–water partition coefficient (Wildman–Crippen LogP) is 0.818. The molecule has 3 N–H and O–H groups in total. The van der Waals surface area contributed by atoms with Crippen molar-refractivity contribution in [2.24, 2.45) is 11.7 Å². The second-order valence-corrected chi connectivity index (χ2v) is 5.30. The fourth-order valence-electron chi connectivity index (χ4n) is 1.31. The van der Waals surface area contributed by atoms with Crippen molar-refractivity contribution in [1.82, 2.24) is 5.32 Å². The lowest BCUT2D eigenvalue weighted by Crippen LogP contribution is -2.45. The fraction of sp³-hybridized carbons (Fsp3) is 0.833. The largest absolute Gasteiger partial charge is 0.467 e. The average molecular weight is 244 g/mol. The Bertz CT molecular complexity index is 269. The molecule has 0 spiro atoms. The Hall–Kier alpha value is -1.10. The summed E-state index contributed by atoms with van der Waals surface area (Å²) in [5.74, 6) is -0.592. The van der Waals surface area contributed by atoms with E-state index in [1.807, 2.05) is 27.7 Å². The van der Waals surface area contributed by atoms with Gasteiger partial charge < -0.3 is 15.8 Å². The Kier molecular flexibility index (Phi) is 6.16. The van der Waals surface area contributed by atoms with E-state index in [-0.39, 0.29) is 17.4 Å². The van der Waals surface area contributed by atoms with Crippen LogP contribution in [0.3, 0.4) is 0 Å². The van der Waals surface area contributed by atoms with Crippen LogP contribution in [-0.2, 0) is 14.3 Å². The highest BCUT2D eigenvalue weighted by Gasteiger charge is 2.25. The highest BCUT2D eigenvalue weighted by Crippen LogP contribution is 2.08. The van der Waals surface area contributed by atoms with Gasteiger partial charge in [-0.1, -0.05) is 13.8 Å². The summed E-state index contributed by atoms with van der Waals surface area (Å²) in [6.07, 6.45) is 0.883. The van der Waals surface area contributed by atoms with Crippen molar-refractivity contribution in [1.29, 1.82) is 0 Å². The van der Waals surface area contributed by atoms with Gasteiger partial charge in [0.15, 0.2) is 0 Å². The zero-order valence-electron chi connectivity index (χ0n) is 11.4. The maximum absolute atomic E-state index is 11.7. The number of nitrogens with two attached hydrogens (primary N) is 1. The number of hydrogen-bond acceptors (Lipinski definition) is 4. The summed E-state index contributed by atoms with van der Waals surface area (Å²) < 4.78 is 4.64. The molecule has 1 amide bonds. The molecule has 0 aromatic carbocycles. The van der Waals surface area contributed by atoms with E-state index in [9.17, 15) is 9.59 Å². The van der Waals surface area contributed by atoms with Crippen LogP contribution in [0.1, 0.15) is 40.5 Å². The first-order valence-electron chi connectivity index (χ1n) is 5.83. The summed E-state index contributed by atoms with van der Waals surface area (Å²) in [7, 11) is 1.31. The van der Waals surface area contributed by atoms with Crippen LogP contribution in [0.4, 0.5) is 0 Å². The summed E-state index contributed by atoms with van der Waals surface area (Å²) in [6, 6.07) is -0.589. The molecule has 0 saturated heterocycles. The van der Waals surface area contributed by atoms with Gasteiger partial charge in [0.05, 0.1) is 7.11 Å². The van der Waals surface area contributed by atoms with Crippen LogP contribution in [0.15, 0.2) is 0 Å². The van der Waals surface area contributed by atoms with E-state index >= 15 is 0 Å². The highest BCUT2D eigenvalue weighted by molar-refractivity contribution is 5.84. The van der Waals surface area contributed by atoms with Crippen LogP contribution in [-0.4, -0.2) is 30.6 Å². The topological polar surface area (TPSA) is 81.4 Å². The number of esters is 1. The third-order valence-corrected chi connectivity index (χ3v) is 2.43. The van der Waals surface area contributed by atoms with Gasteiger partial charge in [-0.3, -0.25) is 4.79 Å². The van der Waals surface area contributed by atoms with Crippen molar-refractivity contribution in [3.63, 3.8) is 0 Å². The minimum Gasteiger partial charge on any atom is -0.467 e. The van der Waals surface area contributed by atoms with Crippen molar-refractivity contribution < 1.29 is 14.3 Å². The van der Waals surface area contributed by atoms with Gasteiger partial charge in [-0.05, 0) is 26.2 Å². The summed E-state index contributed by atoms with van der Waals surface area (Å²) in [6.45, 7) is 7.44. The molecule has 5 heteroatoms. The molecule has 1 atom stereocenters. The summed E-state index contributed by atoms with van der Waals surface area (Å²) in [4.78, 5) is 23.1. The Morgan fingerprint density at radius 2 is 1.88 bits per heavy atom. The molecule has 0 saturated carbocycles. The molecule has 0 aromatic rings.